The molecular formula is C22H42O5. The summed E-state index contributed by atoms with van der Waals surface area (Å²) in [4.78, 5) is 11.7. The largest absolute Gasteiger partial charge is 0.588 e. The number of rotatable bonds is 19. The molecular weight excluding hydrogens is 344 g/mol. The highest BCUT2D eigenvalue weighted by Crippen LogP contribution is 2.08. The van der Waals surface area contributed by atoms with Crippen LogP contribution in [0.25, 0.3) is 0 Å². The lowest BCUT2D eigenvalue weighted by Gasteiger charge is -2.04. The van der Waals surface area contributed by atoms with Crippen LogP contribution in [-0.4, -0.2) is 25.2 Å². The van der Waals surface area contributed by atoms with Crippen molar-refractivity contribution in [2.24, 2.45) is 0 Å². The number of unbranched alkanes of at least 4 members (excludes halogenated alkanes) is 11. The zero-order valence-electron chi connectivity index (χ0n) is 17.8. The maximum Gasteiger partial charge on any atom is 0.497 e. The Bertz CT molecular complexity index is 355. The van der Waals surface area contributed by atoms with Crippen molar-refractivity contribution >= 4 is 11.9 Å². The van der Waals surface area contributed by atoms with E-state index in [4.69, 9.17) is 9.47 Å². The molecule has 0 radical (unpaired) electrons. The molecule has 0 fully saturated rings. The van der Waals surface area contributed by atoms with Gasteiger partial charge in [0.15, 0.2) is 6.61 Å². The van der Waals surface area contributed by atoms with Crippen LogP contribution in [0.4, 0.5) is 0 Å². The lowest BCUT2D eigenvalue weighted by Crippen LogP contribution is -2.15. The smallest absolute Gasteiger partial charge is 0.497 e. The minimum Gasteiger partial charge on any atom is -0.588 e. The Labute approximate surface area is 166 Å². The molecule has 27 heavy (non-hydrogen) atoms. The molecule has 0 N–H and O–H groups in total. The Morgan fingerprint density at radius 3 is 1.70 bits per heavy atom. The molecule has 0 aromatic rings. The minimum atomic E-state index is -0.152. The maximum atomic E-state index is 11.7. The van der Waals surface area contributed by atoms with E-state index in [1.54, 1.807) is 0 Å². The summed E-state index contributed by atoms with van der Waals surface area (Å²) in [6.45, 7) is 5.45. The third kappa shape index (κ3) is 19.3. The Morgan fingerprint density at radius 2 is 1.15 bits per heavy atom. The zero-order valence-corrected chi connectivity index (χ0v) is 17.8. The Morgan fingerprint density at radius 1 is 0.667 bits per heavy atom. The van der Waals surface area contributed by atoms with Crippen molar-refractivity contribution in [3.63, 3.8) is 0 Å². The van der Waals surface area contributed by atoms with Crippen LogP contribution < -0.4 is 5.26 Å². The molecule has 0 unspecified atom stereocenters. The van der Waals surface area contributed by atoms with Crippen molar-refractivity contribution in [1.82, 2.24) is 0 Å². The first-order chi connectivity index (χ1) is 13.2. The lowest BCUT2D eigenvalue weighted by atomic mass is 10.1. The highest BCUT2D eigenvalue weighted by Gasteiger charge is 2.13. The predicted molar refractivity (Wildman–Crippen MR) is 107 cm³/mol. The lowest BCUT2D eigenvalue weighted by molar-refractivity contribution is -1.05. The van der Waals surface area contributed by atoms with E-state index in [1.807, 2.05) is 0 Å². The first-order valence-electron chi connectivity index (χ1n) is 11.2. The SMILES string of the molecule is CCCCCCCCOC(=O)CCCCC(OCCCCCCCC)=[O+][O-]. The van der Waals surface area contributed by atoms with E-state index < -0.39 is 0 Å². The van der Waals surface area contributed by atoms with Crippen LogP contribution in [0.3, 0.4) is 0 Å². The van der Waals surface area contributed by atoms with Gasteiger partial charge in [-0.05, 0) is 25.7 Å². The van der Waals surface area contributed by atoms with Crippen molar-refractivity contribution in [3.8, 4) is 0 Å². The standard InChI is InChI=1S/C22H42O5/c1-3-5-7-9-11-15-19-25-21(23)17-13-14-18-22(27-24)26-20-16-12-10-8-6-4-2/h3-20H2,1-2H3. The van der Waals surface area contributed by atoms with Gasteiger partial charge in [-0.2, -0.15) is 0 Å². The molecule has 0 aromatic carbocycles. The van der Waals surface area contributed by atoms with Gasteiger partial charge in [-0.1, -0.05) is 71.6 Å². The Balaban J connectivity index is 3.47. The van der Waals surface area contributed by atoms with Gasteiger partial charge in [0.25, 0.3) is 0 Å². The molecule has 0 aliphatic carbocycles. The van der Waals surface area contributed by atoms with E-state index >= 15 is 0 Å². The first-order valence-corrected chi connectivity index (χ1v) is 11.2. The minimum absolute atomic E-state index is 0.143. The van der Waals surface area contributed by atoms with Gasteiger partial charge in [0.2, 0.25) is 0 Å². The van der Waals surface area contributed by atoms with Gasteiger partial charge in [-0.3, -0.25) is 9.37 Å². The highest BCUT2D eigenvalue weighted by molar-refractivity contribution is 5.70. The molecule has 160 valence electrons. The van der Waals surface area contributed by atoms with Gasteiger partial charge in [0.05, 0.1) is 6.61 Å². The van der Waals surface area contributed by atoms with E-state index in [0.717, 1.165) is 25.7 Å². The second kappa shape index (κ2) is 21.0. The second-order valence-corrected chi connectivity index (χ2v) is 7.27. The van der Waals surface area contributed by atoms with Crippen LogP contribution in [0.1, 0.15) is 117 Å². The number of esters is 2. The molecule has 5 nitrogen and oxygen atoms in total. The zero-order chi connectivity index (χ0) is 20.0. The average molecular weight is 387 g/mol. The summed E-state index contributed by atoms with van der Waals surface area (Å²) in [6, 6.07) is 0. The predicted octanol–water partition coefficient (Wildman–Crippen LogP) is 5.17. The van der Waals surface area contributed by atoms with Crippen molar-refractivity contribution in [3.05, 3.63) is 0 Å². The van der Waals surface area contributed by atoms with Crippen molar-refractivity contribution in [2.45, 2.75) is 117 Å². The summed E-state index contributed by atoms with van der Waals surface area (Å²) in [5.41, 5.74) is 0. The number of hydrogen-bond donors (Lipinski definition) is 0. The normalized spacial score (nSPS) is 11.6. The van der Waals surface area contributed by atoms with Gasteiger partial charge < -0.3 is 14.7 Å². The number of ether oxygens (including phenoxy) is 2. The van der Waals surface area contributed by atoms with Crippen LogP contribution in [-0.2, 0) is 18.8 Å². The molecule has 0 aliphatic heterocycles. The van der Waals surface area contributed by atoms with E-state index in [-0.39, 0.29) is 11.9 Å². The summed E-state index contributed by atoms with van der Waals surface area (Å²) >= 11 is 0. The maximum absolute atomic E-state index is 11.7. The third-order valence-electron chi connectivity index (χ3n) is 4.63. The second-order valence-electron chi connectivity index (χ2n) is 7.27. The highest BCUT2D eigenvalue weighted by atomic mass is 17.1. The van der Waals surface area contributed by atoms with E-state index in [2.05, 4.69) is 18.4 Å². The molecule has 0 amide bonds. The summed E-state index contributed by atoms with van der Waals surface area (Å²) < 4.78 is 14.7. The monoisotopic (exact) mass is 386 g/mol. The number of carbonyl (C=O) groups is 1. The summed E-state index contributed by atoms with van der Waals surface area (Å²) in [5, 5.41) is 10.7. The quantitative estimate of drug-likeness (QED) is 0.101. The fourth-order valence-corrected chi connectivity index (χ4v) is 2.89. The molecule has 0 rings (SSSR count). The molecule has 0 saturated carbocycles. The molecule has 5 heteroatoms. The molecule has 0 bridgehead atoms. The fourth-order valence-electron chi connectivity index (χ4n) is 2.89. The van der Waals surface area contributed by atoms with E-state index in [0.29, 0.717) is 38.9 Å². The van der Waals surface area contributed by atoms with Crippen LogP contribution in [0.5, 0.6) is 0 Å². The number of hydrogen-bond acceptors (Lipinski definition) is 4. The van der Waals surface area contributed by atoms with E-state index in [1.165, 1.54) is 51.4 Å². The van der Waals surface area contributed by atoms with Gasteiger partial charge in [-0.25, -0.2) is 0 Å². The van der Waals surface area contributed by atoms with Gasteiger partial charge >= 0.3 is 11.9 Å². The van der Waals surface area contributed by atoms with Crippen molar-refractivity contribution in [2.75, 3.05) is 13.2 Å². The molecule has 0 spiro atoms. The van der Waals surface area contributed by atoms with Crippen molar-refractivity contribution < 1.29 is 24.1 Å². The van der Waals surface area contributed by atoms with Crippen LogP contribution >= 0.6 is 0 Å². The van der Waals surface area contributed by atoms with Crippen LogP contribution in [0.15, 0.2) is 0 Å². The van der Waals surface area contributed by atoms with Gasteiger partial charge in [0.1, 0.15) is 6.42 Å². The average Bonchev–Trinajstić information content (AvgIpc) is 2.68. The molecule has 0 aliphatic rings. The molecule has 0 aromatic heterocycles. The van der Waals surface area contributed by atoms with Gasteiger partial charge in [-0.15, -0.1) is 0 Å². The number of carbonyl (C=O) groups excluding carboxylic acids is 2. The summed E-state index contributed by atoms with van der Waals surface area (Å²) in [7, 11) is 0. The Hall–Kier alpha value is -1.26. The van der Waals surface area contributed by atoms with Crippen LogP contribution in [0.2, 0.25) is 0 Å². The summed E-state index contributed by atoms with van der Waals surface area (Å²) in [5.74, 6) is -0.00912. The topological polar surface area (TPSA) is 69.9 Å². The Kier molecular flexibility index (Phi) is 20.1. The third-order valence-corrected chi connectivity index (χ3v) is 4.63. The van der Waals surface area contributed by atoms with Gasteiger partial charge in [0, 0.05) is 12.8 Å². The first kappa shape index (κ1) is 25.7. The fraction of sp³-hybridized carbons (Fsp3) is 0.909. The van der Waals surface area contributed by atoms with Crippen molar-refractivity contribution in [1.29, 1.82) is 0 Å². The molecule has 0 heterocycles. The van der Waals surface area contributed by atoms with Crippen LogP contribution in [0, 0.1) is 0 Å². The molecule has 0 atom stereocenters. The summed E-state index contributed by atoms with van der Waals surface area (Å²) in [6.07, 6.45) is 16.4. The van der Waals surface area contributed by atoms with E-state index in [9.17, 15) is 10.1 Å². The molecule has 0 saturated heterocycles.